The SMILES string of the molecule is CSCCC(NC(=O)c1c(F)cccc1Cl)C(=O)O. The highest BCUT2D eigenvalue weighted by Crippen LogP contribution is 2.19. The van der Waals surface area contributed by atoms with Gasteiger partial charge in [-0.05, 0) is 30.6 Å². The summed E-state index contributed by atoms with van der Waals surface area (Å²) in [4.78, 5) is 22.8. The molecule has 0 spiro atoms. The minimum absolute atomic E-state index is 0.0495. The van der Waals surface area contributed by atoms with Gasteiger partial charge in [0, 0.05) is 0 Å². The predicted octanol–water partition coefficient (Wildman–Crippen LogP) is 2.42. The van der Waals surface area contributed by atoms with Crippen LogP contribution < -0.4 is 5.32 Å². The Morgan fingerprint density at radius 2 is 2.21 bits per heavy atom. The summed E-state index contributed by atoms with van der Waals surface area (Å²) in [6, 6.07) is 2.78. The van der Waals surface area contributed by atoms with Gasteiger partial charge in [-0.2, -0.15) is 11.8 Å². The molecular weight excluding hydrogens is 293 g/mol. The van der Waals surface area contributed by atoms with Crippen LogP contribution >= 0.6 is 23.4 Å². The number of carboxylic acids is 1. The van der Waals surface area contributed by atoms with E-state index in [0.717, 1.165) is 6.07 Å². The number of rotatable bonds is 6. The van der Waals surface area contributed by atoms with E-state index in [0.29, 0.717) is 5.75 Å². The summed E-state index contributed by atoms with van der Waals surface area (Å²) in [6.45, 7) is 0. The minimum atomic E-state index is -1.16. The maximum Gasteiger partial charge on any atom is 0.326 e. The third-order valence-corrected chi connectivity index (χ3v) is 3.36. The molecule has 0 radical (unpaired) electrons. The van der Waals surface area contributed by atoms with Gasteiger partial charge in [-0.15, -0.1) is 0 Å². The summed E-state index contributed by atoms with van der Waals surface area (Å²) in [7, 11) is 0. The molecule has 104 valence electrons. The lowest BCUT2D eigenvalue weighted by molar-refractivity contribution is -0.139. The van der Waals surface area contributed by atoms with Crippen LogP contribution in [-0.2, 0) is 4.79 Å². The van der Waals surface area contributed by atoms with E-state index in [1.807, 2.05) is 6.26 Å². The molecule has 0 aliphatic rings. The fraction of sp³-hybridized carbons (Fsp3) is 0.333. The van der Waals surface area contributed by atoms with Crippen LogP contribution in [0.1, 0.15) is 16.8 Å². The number of hydrogen-bond acceptors (Lipinski definition) is 3. The number of hydrogen-bond donors (Lipinski definition) is 2. The molecule has 1 atom stereocenters. The van der Waals surface area contributed by atoms with Gasteiger partial charge in [0.1, 0.15) is 11.9 Å². The number of aliphatic carboxylic acids is 1. The molecule has 0 bridgehead atoms. The zero-order valence-electron chi connectivity index (χ0n) is 10.2. The van der Waals surface area contributed by atoms with Crippen molar-refractivity contribution < 1.29 is 19.1 Å². The molecule has 4 nitrogen and oxygen atoms in total. The van der Waals surface area contributed by atoms with Gasteiger partial charge < -0.3 is 10.4 Å². The molecule has 1 aromatic rings. The average molecular weight is 306 g/mol. The van der Waals surface area contributed by atoms with Crippen LogP contribution in [0.4, 0.5) is 4.39 Å². The van der Waals surface area contributed by atoms with Crippen molar-refractivity contribution in [2.24, 2.45) is 0 Å². The monoisotopic (exact) mass is 305 g/mol. The first-order chi connectivity index (χ1) is 8.97. The smallest absolute Gasteiger partial charge is 0.326 e. The molecule has 0 aliphatic heterocycles. The van der Waals surface area contributed by atoms with E-state index in [1.165, 1.54) is 23.9 Å². The highest BCUT2D eigenvalue weighted by molar-refractivity contribution is 7.98. The molecule has 0 aliphatic carbocycles. The standard InChI is InChI=1S/C12H13ClFNO3S/c1-19-6-5-9(12(17)18)15-11(16)10-7(13)3-2-4-8(10)14/h2-4,9H,5-6H2,1H3,(H,15,16)(H,17,18). The summed E-state index contributed by atoms with van der Waals surface area (Å²) in [5.74, 6) is -2.19. The van der Waals surface area contributed by atoms with E-state index in [1.54, 1.807) is 0 Å². The van der Waals surface area contributed by atoms with Gasteiger partial charge in [0.05, 0.1) is 10.6 Å². The largest absolute Gasteiger partial charge is 0.480 e. The Kier molecular flexibility index (Phi) is 6.11. The van der Waals surface area contributed by atoms with Gasteiger partial charge in [0.2, 0.25) is 0 Å². The number of benzene rings is 1. The molecule has 0 saturated carbocycles. The number of carboxylic acid groups (broad SMARTS) is 1. The molecule has 1 rings (SSSR count). The van der Waals surface area contributed by atoms with Gasteiger partial charge in [0.15, 0.2) is 0 Å². The molecule has 0 fully saturated rings. The van der Waals surface area contributed by atoms with Gasteiger partial charge >= 0.3 is 5.97 Å². The van der Waals surface area contributed by atoms with Crippen molar-refractivity contribution in [2.75, 3.05) is 12.0 Å². The molecule has 0 heterocycles. The van der Waals surface area contributed by atoms with Crippen LogP contribution in [0.2, 0.25) is 5.02 Å². The molecule has 2 N–H and O–H groups in total. The predicted molar refractivity (Wildman–Crippen MR) is 73.3 cm³/mol. The van der Waals surface area contributed by atoms with Gasteiger partial charge in [-0.3, -0.25) is 4.79 Å². The molecule has 1 aromatic carbocycles. The summed E-state index contributed by atoms with van der Waals surface area (Å²) in [5, 5.41) is 11.2. The minimum Gasteiger partial charge on any atom is -0.480 e. The Labute approximate surface area is 119 Å². The molecule has 0 saturated heterocycles. The van der Waals surface area contributed by atoms with Gasteiger partial charge in [0.25, 0.3) is 5.91 Å². The first kappa shape index (κ1) is 15.8. The van der Waals surface area contributed by atoms with Crippen molar-refractivity contribution in [3.8, 4) is 0 Å². The number of halogens is 2. The molecule has 0 aromatic heterocycles. The fourth-order valence-electron chi connectivity index (χ4n) is 1.44. The van der Waals surface area contributed by atoms with Crippen LogP contribution in [0.3, 0.4) is 0 Å². The Bertz CT molecular complexity index is 464. The molecule has 19 heavy (non-hydrogen) atoms. The number of nitrogens with one attached hydrogen (secondary N) is 1. The number of carbonyl (C=O) groups is 2. The van der Waals surface area contributed by atoms with Gasteiger partial charge in [-0.25, -0.2) is 9.18 Å². The molecular formula is C12H13ClFNO3S. The second-order valence-electron chi connectivity index (χ2n) is 3.74. The third-order valence-electron chi connectivity index (χ3n) is 2.40. The summed E-state index contributed by atoms with van der Waals surface area (Å²) >= 11 is 7.20. The Morgan fingerprint density at radius 1 is 1.53 bits per heavy atom. The first-order valence-electron chi connectivity index (χ1n) is 5.44. The summed E-state index contributed by atoms with van der Waals surface area (Å²) in [6.07, 6.45) is 2.09. The summed E-state index contributed by atoms with van der Waals surface area (Å²) in [5.41, 5.74) is -0.334. The summed E-state index contributed by atoms with van der Waals surface area (Å²) < 4.78 is 13.5. The van der Waals surface area contributed by atoms with E-state index >= 15 is 0 Å². The first-order valence-corrected chi connectivity index (χ1v) is 7.21. The highest BCUT2D eigenvalue weighted by Gasteiger charge is 2.23. The van der Waals surface area contributed by atoms with E-state index in [4.69, 9.17) is 16.7 Å². The van der Waals surface area contributed by atoms with Crippen molar-refractivity contribution in [1.82, 2.24) is 5.32 Å². The Hall–Kier alpha value is -1.27. The molecule has 1 unspecified atom stereocenters. The third kappa shape index (κ3) is 4.40. The van der Waals surface area contributed by atoms with Crippen molar-refractivity contribution in [1.29, 1.82) is 0 Å². The van der Waals surface area contributed by atoms with Crippen molar-refractivity contribution in [3.63, 3.8) is 0 Å². The normalized spacial score (nSPS) is 11.9. The van der Waals surface area contributed by atoms with E-state index in [-0.39, 0.29) is 17.0 Å². The maximum absolute atomic E-state index is 13.5. The van der Waals surface area contributed by atoms with E-state index in [9.17, 15) is 14.0 Å². The number of thioether (sulfide) groups is 1. The Morgan fingerprint density at radius 3 is 2.74 bits per heavy atom. The highest BCUT2D eigenvalue weighted by atomic mass is 35.5. The van der Waals surface area contributed by atoms with Crippen molar-refractivity contribution in [2.45, 2.75) is 12.5 Å². The average Bonchev–Trinajstić information content (AvgIpc) is 2.33. The second-order valence-corrected chi connectivity index (χ2v) is 5.14. The topological polar surface area (TPSA) is 66.4 Å². The Balaban J connectivity index is 2.85. The number of carbonyl (C=O) groups excluding carboxylic acids is 1. The van der Waals surface area contributed by atoms with Gasteiger partial charge in [-0.1, -0.05) is 17.7 Å². The molecule has 7 heteroatoms. The lowest BCUT2D eigenvalue weighted by Crippen LogP contribution is -2.41. The second kappa shape index (κ2) is 7.35. The van der Waals surface area contributed by atoms with Crippen LogP contribution in [0.15, 0.2) is 18.2 Å². The fourth-order valence-corrected chi connectivity index (χ4v) is 2.16. The van der Waals surface area contributed by atoms with E-state index in [2.05, 4.69) is 5.32 Å². The lowest BCUT2D eigenvalue weighted by atomic mass is 10.1. The van der Waals surface area contributed by atoms with Crippen molar-refractivity contribution in [3.05, 3.63) is 34.6 Å². The zero-order chi connectivity index (χ0) is 14.4. The molecule has 1 amide bonds. The van der Waals surface area contributed by atoms with Crippen LogP contribution in [0.25, 0.3) is 0 Å². The zero-order valence-corrected chi connectivity index (χ0v) is 11.7. The lowest BCUT2D eigenvalue weighted by Gasteiger charge is -2.14. The quantitative estimate of drug-likeness (QED) is 0.847. The number of amides is 1. The van der Waals surface area contributed by atoms with Crippen molar-refractivity contribution >= 4 is 35.2 Å². The van der Waals surface area contributed by atoms with Crippen LogP contribution in [0.5, 0.6) is 0 Å². The maximum atomic E-state index is 13.5. The van der Waals surface area contributed by atoms with Crippen LogP contribution in [0, 0.1) is 5.82 Å². The van der Waals surface area contributed by atoms with Crippen LogP contribution in [-0.4, -0.2) is 35.0 Å². The van der Waals surface area contributed by atoms with E-state index < -0.39 is 23.7 Å².